The van der Waals surface area contributed by atoms with Crippen LogP contribution in [0.15, 0.2) is 21.5 Å². The van der Waals surface area contributed by atoms with Crippen molar-refractivity contribution in [3.63, 3.8) is 0 Å². The second-order valence-corrected chi connectivity index (χ2v) is 9.15. The highest BCUT2D eigenvalue weighted by Crippen LogP contribution is 2.26. The molecule has 0 amide bonds. The van der Waals surface area contributed by atoms with E-state index in [2.05, 4.69) is 20.7 Å². The van der Waals surface area contributed by atoms with Crippen LogP contribution in [0.5, 0.6) is 0 Å². The second kappa shape index (κ2) is 5.96. The molecule has 1 aromatic carbocycles. The lowest BCUT2D eigenvalue weighted by atomic mass is 10.3. The minimum Gasteiger partial charge on any atom is -0.399 e. The van der Waals surface area contributed by atoms with Gasteiger partial charge in [-0.25, -0.2) is 25.9 Å². The zero-order chi connectivity index (χ0) is 15.7. The molecule has 0 aromatic heterocycles. The van der Waals surface area contributed by atoms with Gasteiger partial charge in [-0.2, -0.15) is 0 Å². The SMILES string of the molecule is CC(CS(C)(=O)=O)NS(=O)(=O)c1cc(N)cc(Br)c1F. The number of rotatable bonds is 5. The van der Waals surface area contributed by atoms with Crippen molar-refractivity contribution >= 4 is 41.5 Å². The molecule has 1 atom stereocenters. The Hall–Kier alpha value is -0.710. The summed E-state index contributed by atoms with van der Waals surface area (Å²) in [6.07, 6.45) is 0.982. The van der Waals surface area contributed by atoms with E-state index in [0.29, 0.717) is 0 Å². The van der Waals surface area contributed by atoms with Crippen LogP contribution in [0.1, 0.15) is 6.92 Å². The Labute approximate surface area is 125 Å². The van der Waals surface area contributed by atoms with Crippen LogP contribution < -0.4 is 10.5 Å². The minimum absolute atomic E-state index is 0.0643. The average molecular weight is 389 g/mol. The van der Waals surface area contributed by atoms with Crippen LogP contribution in [-0.2, 0) is 19.9 Å². The number of nitrogens with one attached hydrogen (secondary N) is 1. The van der Waals surface area contributed by atoms with Crippen molar-refractivity contribution in [1.82, 2.24) is 4.72 Å². The summed E-state index contributed by atoms with van der Waals surface area (Å²) in [4.78, 5) is -0.635. The third kappa shape index (κ3) is 4.69. The van der Waals surface area contributed by atoms with Gasteiger partial charge in [0.15, 0.2) is 5.82 Å². The Bertz CT molecular complexity index is 719. The number of benzene rings is 1. The number of hydrogen-bond donors (Lipinski definition) is 2. The monoisotopic (exact) mass is 388 g/mol. The molecule has 0 fully saturated rings. The van der Waals surface area contributed by atoms with Crippen LogP contribution in [0.25, 0.3) is 0 Å². The van der Waals surface area contributed by atoms with Crippen LogP contribution in [0.2, 0.25) is 0 Å². The fourth-order valence-electron chi connectivity index (χ4n) is 1.60. The Kier molecular flexibility index (Phi) is 5.17. The summed E-state index contributed by atoms with van der Waals surface area (Å²) in [5, 5.41) is 0. The van der Waals surface area contributed by atoms with Gasteiger partial charge in [0.05, 0.1) is 10.2 Å². The maximum Gasteiger partial charge on any atom is 0.243 e. The molecule has 0 bridgehead atoms. The molecule has 3 N–H and O–H groups in total. The Morgan fingerprint density at radius 2 is 1.90 bits per heavy atom. The van der Waals surface area contributed by atoms with E-state index in [4.69, 9.17) is 5.73 Å². The van der Waals surface area contributed by atoms with Gasteiger partial charge in [-0.1, -0.05) is 0 Å². The molecular weight excluding hydrogens is 375 g/mol. The van der Waals surface area contributed by atoms with Gasteiger partial charge < -0.3 is 5.73 Å². The second-order valence-electron chi connectivity index (χ2n) is 4.43. The van der Waals surface area contributed by atoms with Gasteiger partial charge in [0.2, 0.25) is 10.0 Å². The molecule has 1 aromatic rings. The first-order valence-corrected chi connectivity index (χ1v) is 9.70. The first kappa shape index (κ1) is 17.3. The molecule has 10 heteroatoms. The molecule has 20 heavy (non-hydrogen) atoms. The number of sulfone groups is 1. The lowest BCUT2D eigenvalue weighted by Crippen LogP contribution is -2.37. The number of hydrogen-bond acceptors (Lipinski definition) is 5. The van der Waals surface area contributed by atoms with Gasteiger partial charge in [-0.15, -0.1) is 0 Å². The quantitative estimate of drug-likeness (QED) is 0.728. The number of halogens is 2. The lowest BCUT2D eigenvalue weighted by molar-refractivity contribution is 0.545. The molecule has 0 saturated heterocycles. The molecule has 1 unspecified atom stereocenters. The van der Waals surface area contributed by atoms with Gasteiger partial charge in [-0.05, 0) is 35.0 Å². The third-order valence-electron chi connectivity index (χ3n) is 2.22. The first-order chi connectivity index (χ1) is 8.92. The van der Waals surface area contributed by atoms with Crippen LogP contribution in [-0.4, -0.2) is 34.9 Å². The third-order valence-corrected chi connectivity index (χ3v) is 5.49. The van der Waals surface area contributed by atoms with Gasteiger partial charge in [0, 0.05) is 18.0 Å². The predicted molar refractivity (Wildman–Crippen MR) is 78.0 cm³/mol. The van der Waals surface area contributed by atoms with Gasteiger partial charge in [-0.3, -0.25) is 0 Å². The van der Waals surface area contributed by atoms with E-state index in [1.54, 1.807) is 0 Å². The summed E-state index contributed by atoms with van der Waals surface area (Å²) in [5.41, 5.74) is 5.54. The van der Waals surface area contributed by atoms with E-state index in [1.807, 2.05) is 0 Å². The lowest BCUT2D eigenvalue weighted by Gasteiger charge is -2.14. The highest BCUT2D eigenvalue weighted by molar-refractivity contribution is 9.10. The van der Waals surface area contributed by atoms with Crippen molar-refractivity contribution in [1.29, 1.82) is 0 Å². The standard InChI is InChI=1S/C10H14BrFN2O4S2/c1-6(5-19(2,15)16)14-20(17,18)9-4-7(13)3-8(11)10(9)12/h3-4,6,14H,5,13H2,1-2H3. The molecular formula is C10H14BrFN2O4S2. The normalized spacial score (nSPS) is 14.2. The molecule has 0 aliphatic carbocycles. The topological polar surface area (TPSA) is 106 Å². The Morgan fingerprint density at radius 1 is 1.35 bits per heavy atom. The molecule has 0 aliphatic rings. The maximum absolute atomic E-state index is 13.8. The van der Waals surface area contributed by atoms with E-state index in [0.717, 1.165) is 12.3 Å². The zero-order valence-corrected chi connectivity index (χ0v) is 13.9. The highest BCUT2D eigenvalue weighted by atomic mass is 79.9. The van der Waals surface area contributed by atoms with Crippen molar-refractivity contribution in [3.8, 4) is 0 Å². The van der Waals surface area contributed by atoms with Crippen LogP contribution in [0.3, 0.4) is 0 Å². The predicted octanol–water partition coefficient (Wildman–Crippen LogP) is 0.882. The molecule has 0 heterocycles. The number of sulfonamides is 1. The molecule has 6 nitrogen and oxygen atoms in total. The summed E-state index contributed by atoms with van der Waals surface area (Å²) in [7, 11) is -7.57. The van der Waals surface area contributed by atoms with Crippen molar-refractivity contribution in [2.24, 2.45) is 0 Å². The highest BCUT2D eigenvalue weighted by Gasteiger charge is 2.24. The van der Waals surface area contributed by atoms with E-state index < -0.39 is 42.4 Å². The van der Waals surface area contributed by atoms with Gasteiger partial charge in [0.1, 0.15) is 14.7 Å². The van der Waals surface area contributed by atoms with Gasteiger partial charge >= 0.3 is 0 Å². The summed E-state index contributed by atoms with van der Waals surface area (Å²) < 4.78 is 62.1. The van der Waals surface area contributed by atoms with E-state index in [-0.39, 0.29) is 10.2 Å². The smallest absolute Gasteiger partial charge is 0.243 e. The molecule has 0 aliphatic heterocycles. The van der Waals surface area contributed by atoms with Crippen molar-refractivity contribution < 1.29 is 21.2 Å². The Balaban J connectivity index is 3.13. The Morgan fingerprint density at radius 3 is 2.40 bits per heavy atom. The summed E-state index contributed by atoms with van der Waals surface area (Å²) in [6.45, 7) is 1.37. The van der Waals surface area contributed by atoms with Gasteiger partial charge in [0.25, 0.3) is 0 Å². The number of nitrogen functional groups attached to an aromatic ring is 1. The largest absolute Gasteiger partial charge is 0.399 e. The summed E-state index contributed by atoms with van der Waals surface area (Å²) in [6, 6.07) is 1.30. The van der Waals surface area contributed by atoms with E-state index in [1.165, 1.54) is 13.0 Å². The molecule has 114 valence electrons. The maximum atomic E-state index is 13.8. The molecule has 0 spiro atoms. The van der Waals surface area contributed by atoms with Crippen molar-refractivity contribution in [3.05, 3.63) is 22.4 Å². The number of nitrogens with two attached hydrogens (primary N) is 1. The summed E-state index contributed by atoms with van der Waals surface area (Å²) >= 11 is 2.86. The van der Waals surface area contributed by atoms with Crippen molar-refractivity contribution in [2.45, 2.75) is 17.9 Å². The number of anilines is 1. The first-order valence-electron chi connectivity index (χ1n) is 5.37. The van der Waals surface area contributed by atoms with E-state index >= 15 is 0 Å². The molecule has 1 rings (SSSR count). The molecule has 0 saturated carbocycles. The molecule has 0 radical (unpaired) electrons. The van der Waals surface area contributed by atoms with E-state index in [9.17, 15) is 21.2 Å². The van der Waals surface area contributed by atoms with Crippen LogP contribution in [0, 0.1) is 5.82 Å². The fourth-order valence-corrected chi connectivity index (χ4v) is 4.68. The van der Waals surface area contributed by atoms with Crippen LogP contribution in [0.4, 0.5) is 10.1 Å². The minimum atomic E-state index is -4.21. The zero-order valence-electron chi connectivity index (χ0n) is 10.7. The fraction of sp³-hybridized carbons (Fsp3) is 0.400. The average Bonchev–Trinajstić information content (AvgIpc) is 2.19. The summed E-state index contributed by atoms with van der Waals surface area (Å²) in [5.74, 6) is -1.38. The van der Waals surface area contributed by atoms with Crippen molar-refractivity contribution in [2.75, 3.05) is 17.7 Å². The van der Waals surface area contributed by atoms with Crippen LogP contribution >= 0.6 is 15.9 Å².